The smallest absolute Gasteiger partial charge is 0.209 e. The summed E-state index contributed by atoms with van der Waals surface area (Å²) in [5.74, 6) is 0. The van der Waals surface area contributed by atoms with Crippen LogP contribution in [0.15, 0.2) is 0 Å². The maximum atomic E-state index is 11.7. The van der Waals surface area contributed by atoms with E-state index in [-0.39, 0.29) is 18.1 Å². The Balaban J connectivity index is 0.000000271. The van der Waals surface area contributed by atoms with Gasteiger partial charge in [0.2, 0.25) is 30.1 Å². The first-order valence-electron chi connectivity index (χ1n) is 12.5. The normalized spacial score (nSPS) is 22.2. The summed E-state index contributed by atoms with van der Waals surface area (Å²) >= 11 is 0. The van der Waals surface area contributed by atoms with Gasteiger partial charge in [0, 0.05) is 32.1 Å². The molecule has 0 saturated heterocycles. The summed E-state index contributed by atoms with van der Waals surface area (Å²) in [5, 5.41) is 0. The second-order valence-electron chi connectivity index (χ2n) is 11.1. The van der Waals surface area contributed by atoms with E-state index in [9.17, 15) is 25.3 Å². The minimum absolute atomic E-state index is 0.0685. The number of sulfonamides is 3. The van der Waals surface area contributed by atoms with Gasteiger partial charge in [-0.05, 0) is 80.1 Å². The summed E-state index contributed by atoms with van der Waals surface area (Å²) in [6, 6.07) is -0.219. The Morgan fingerprint density at radius 2 is 0.694 bits per heavy atom. The number of rotatable bonds is 9. The van der Waals surface area contributed by atoms with Gasteiger partial charge in [-0.3, -0.25) is 0 Å². The molecule has 0 heterocycles. The van der Waals surface area contributed by atoms with Gasteiger partial charge in [0.05, 0.1) is 23.5 Å². The van der Waals surface area contributed by atoms with E-state index in [0.717, 1.165) is 19.3 Å². The fourth-order valence-corrected chi connectivity index (χ4v) is 8.57. The largest absolute Gasteiger partial charge is 0.213 e. The molecule has 0 aromatic heterocycles. The van der Waals surface area contributed by atoms with Crippen LogP contribution in [0.5, 0.6) is 0 Å². The van der Waals surface area contributed by atoms with Crippen LogP contribution in [-0.2, 0) is 30.1 Å². The molecule has 0 spiro atoms. The van der Waals surface area contributed by atoms with E-state index in [1.54, 1.807) is 41.5 Å². The van der Waals surface area contributed by atoms with Gasteiger partial charge in [-0.2, -0.15) is 0 Å². The molecule has 3 N–H and O–H groups in total. The Morgan fingerprint density at radius 3 is 0.861 bits per heavy atom. The predicted molar refractivity (Wildman–Crippen MR) is 149 cm³/mol. The molecule has 0 aromatic rings. The molecule has 3 rings (SSSR count). The molecule has 9 nitrogen and oxygen atoms in total. The zero-order valence-electron chi connectivity index (χ0n) is 22.5. The highest BCUT2D eigenvalue weighted by Crippen LogP contribution is 2.39. The van der Waals surface area contributed by atoms with Crippen LogP contribution in [0, 0.1) is 0 Å². The van der Waals surface area contributed by atoms with Gasteiger partial charge in [0.25, 0.3) is 0 Å². The minimum atomic E-state index is -3.33. The van der Waals surface area contributed by atoms with Crippen molar-refractivity contribution < 1.29 is 25.3 Å². The van der Waals surface area contributed by atoms with Crippen LogP contribution in [0.2, 0.25) is 0 Å². The third-order valence-corrected chi connectivity index (χ3v) is 13.0. The zero-order chi connectivity index (χ0) is 28.2. The van der Waals surface area contributed by atoms with E-state index in [4.69, 9.17) is 23.5 Å². The molecule has 204 valence electrons. The maximum Gasteiger partial charge on any atom is 0.209 e. The third kappa shape index (κ3) is 9.00. The van der Waals surface area contributed by atoms with Crippen LogP contribution in [0.3, 0.4) is 0 Å². The topological polar surface area (TPSA) is 139 Å². The lowest BCUT2D eigenvalue weighted by molar-refractivity contribution is 0.427. The molecule has 36 heavy (non-hydrogen) atoms. The van der Waals surface area contributed by atoms with Crippen molar-refractivity contribution in [2.24, 2.45) is 0 Å². The summed E-state index contributed by atoms with van der Waals surface area (Å²) in [6.07, 6.45) is 6.21. The van der Waals surface area contributed by atoms with E-state index in [1.165, 1.54) is 0 Å². The molecule has 0 unspecified atom stereocenters. The van der Waals surface area contributed by atoms with Crippen molar-refractivity contribution in [1.82, 2.24) is 14.2 Å². The van der Waals surface area contributed by atoms with Crippen molar-refractivity contribution >= 4 is 53.6 Å². The summed E-state index contributed by atoms with van der Waals surface area (Å²) < 4.78 is 73.6. The molecule has 15 heteroatoms. The van der Waals surface area contributed by atoms with Crippen LogP contribution in [0.25, 0.3) is 0 Å². The molecule has 0 atom stereocenters. The molecule has 0 amide bonds. The maximum absolute atomic E-state index is 11.7. The van der Waals surface area contributed by atoms with Gasteiger partial charge < -0.3 is 0 Å². The van der Waals surface area contributed by atoms with Gasteiger partial charge in [-0.1, -0.05) is 19.3 Å². The Kier molecular flexibility index (Phi) is 11.7. The van der Waals surface area contributed by atoms with E-state index >= 15 is 0 Å². The Hall–Kier alpha value is -0.0752. The third-order valence-electron chi connectivity index (χ3n) is 6.17. The van der Waals surface area contributed by atoms with Crippen molar-refractivity contribution in [3.63, 3.8) is 0 Å². The molecule has 3 aliphatic carbocycles. The van der Waals surface area contributed by atoms with Crippen LogP contribution in [0.4, 0.5) is 0 Å². The standard InChI is InChI=1S/C8H16BNO2S.C7H14BNO2S.C6H12BNO2S/c1-7(2)10-13(11,12)8(9)5-3-4-6-8;1-6(2)9-12(10,11)7(8)4-3-5-7;1-5(2)8-11(9,10)6(7)3-4-6/h7,10H,3-6H2,1-2H3;6,9H,3-5H2,1-2H3;5,8H,3-4H2,1-2H3. The van der Waals surface area contributed by atoms with E-state index in [1.807, 2.05) is 0 Å². The predicted octanol–water partition coefficient (Wildman–Crippen LogP) is 1.09. The van der Waals surface area contributed by atoms with Gasteiger partial charge in [-0.15, -0.1) is 0 Å². The van der Waals surface area contributed by atoms with Crippen molar-refractivity contribution in [2.45, 2.75) is 131 Å². The van der Waals surface area contributed by atoms with Crippen LogP contribution in [-0.4, -0.2) is 80.9 Å². The highest BCUT2D eigenvalue weighted by atomic mass is 32.2. The Morgan fingerprint density at radius 1 is 0.472 bits per heavy atom. The quantitative estimate of drug-likeness (QED) is 0.361. The van der Waals surface area contributed by atoms with E-state index in [2.05, 4.69) is 14.2 Å². The lowest BCUT2D eigenvalue weighted by Gasteiger charge is -2.38. The first-order valence-corrected chi connectivity index (χ1v) is 17.0. The van der Waals surface area contributed by atoms with Gasteiger partial charge in [0.1, 0.15) is 0 Å². The van der Waals surface area contributed by atoms with Crippen LogP contribution in [0.1, 0.15) is 99.3 Å². The summed E-state index contributed by atoms with van der Waals surface area (Å²) in [5.41, 5.74) is 0. The van der Waals surface area contributed by atoms with E-state index < -0.39 is 44.0 Å². The molecule has 6 radical (unpaired) electrons. The molecule has 0 bridgehead atoms. The van der Waals surface area contributed by atoms with Gasteiger partial charge >= 0.3 is 0 Å². The SMILES string of the molecule is [B]C1(S(=O)(=O)NC(C)C)CC1.[B]C1(S(=O)(=O)NC(C)C)CCC1.[B]C1(S(=O)(=O)NC(C)C)CCCC1. The van der Waals surface area contributed by atoms with Gasteiger partial charge in [-0.25, -0.2) is 39.4 Å². The molecule has 0 aliphatic heterocycles. The molecule has 3 saturated carbocycles. The second-order valence-corrected chi connectivity index (χ2v) is 17.2. The van der Waals surface area contributed by atoms with Crippen LogP contribution < -0.4 is 14.2 Å². The Bertz CT molecular complexity index is 1030. The molecule has 0 aromatic carbocycles. The van der Waals surface area contributed by atoms with Crippen molar-refractivity contribution in [2.75, 3.05) is 0 Å². The summed E-state index contributed by atoms with van der Waals surface area (Å²) in [6.45, 7) is 10.7. The fourth-order valence-electron chi connectivity index (χ4n) is 3.71. The van der Waals surface area contributed by atoms with Crippen LogP contribution >= 0.6 is 0 Å². The number of nitrogens with one attached hydrogen (secondary N) is 3. The second kappa shape index (κ2) is 12.4. The molecular weight excluding hydrogens is 519 g/mol. The number of hydrogen-bond acceptors (Lipinski definition) is 6. The molecule has 3 fully saturated rings. The average Bonchev–Trinajstić information content (AvgIpc) is 3.25. The monoisotopic (exact) mass is 561 g/mol. The first kappa shape index (κ1) is 34.0. The van der Waals surface area contributed by atoms with Gasteiger partial charge in [0.15, 0.2) is 0 Å². The molecule has 3 aliphatic rings. The first-order chi connectivity index (χ1) is 16.1. The average molecular weight is 561 g/mol. The lowest BCUT2D eigenvalue weighted by atomic mass is 9.70. The highest BCUT2D eigenvalue weighted by Gasteiger charge is 2.49. The zero-order valence-corrected chi connectivity index (χ0v) is 25.0. The van der Waals surface area contributed by atoms with Crippen molar-refractivity contribution in [3.05, 3.63) is 0 Å². The van der Waals surface area contributed by atoms with Crippen molar-refractivity contribution in [3.8, 4) is 0 Å². The molecular formula is C21H42B3N3O6S3. The summed E-state index contributed by atoms with van der Waals surface area (Å²) in [4.78, 5) is 0. The highest BCUT2D eigenvalue weighted by molar-refractivity contribution is 7.93. The lowest BCUT2D eigenvalue weighted by Crippen LogP contribution is -2.53. The fraction of sp³-hybridized carbons (Fsp3) is 1.00. The minimum Gasteiger partial charge on any atom is -0.213 e. The Labute approximate surface area is 223 Å². The summed E-state index contributed by atoms with van der Waals surface area (Å²) in [7, 11) is 7.15. The number of hydrogen-bond donors (Lipinski definition) is 3. The van der Waals surface area contributed by atoms with Crippen molar-refractivity contribution in [1.29, 1.82) is 0 Å². The van der Waals surface area contributed by atoms with E-state index in [0.29, 0.717) is 38.5 Å².